The van der Waals surface area contributed by atoms with Crippen molar-refractivity contribution < 1.29 is 23.9 Å². The molecule has 160 valence electrons. The first-order chi connectivity index (χ1) is 14.7. The lowest BCUT2D eigenvalue weighted by Gasteiger charge is -2.25. The van der Waals surface area contributed by atoms with Gasteiger partial charge in [-0.2, -0.15) is 0 Å². The van der Waals surface area contributed by atoms with Crippen molar-refractivity contribution in [2.45, 2.75) is 38.2 Å². The Bertz CT molecular complexity index is 1170. The van der Waals surface area contributed by atoms with Gasteiger partial charge in [0.2, 0.25) is 5.91 Å². The zero-order chi connectivity index (χ0) is 22.3. The van der Waals surface area contributed by atoms with Crippen LogP contribution in [0, 0.1) is 0 Å². The summed E-state index contributed by atoms with van der Waals surface area (Å²) in [5, 5.41) is 0.818. The number of imide groups is 1. The summed E-state index contributed by atoms with van der Waals surface area (Å²) < 4.78 is 10.6. The molecule has 0 unspecified atom stereocenters. The number of hydrogen-bond donors (Lipinski definition) is 1. The number of nitrogens with zero attached hydrogens (tertiary/aromatic N) is 1. The molecule has 4 rings (SSSR count). The molecular weight excluding hydrogens is 396 g/mol. The van der Waals surface area contributed by atoms with Crippen LogP contribution in [0.25, 0.3) is 10.9 Å². The van der Waals surface area contributed by atoms with Gasteiger partial charge in [0.15, 0.2) is 0 Å². The number of fused-ring (bicyclic) bond motifs is 2. The maximum absolute atomic E-state index is 13.6. The van der Waals surface area contributed by atoms with Crippen LogP contribution in [0.5, 0.6) is 0 Å². The van der Waals surface area contributed by atoms with Crippen LogP contribution in [0.2, 0.25) is 0 Å². The van der Waals surface area contributed by atoms with Crippen LogP contribution in [0.15, 0.2) is 54.7 Å². The first kappa shape index (κ1) is 20.7. The van der Waals surface area contributed by atoms with Gasteiger partial charge in [-0.1, -0.05) is 36.4 Å². The largest absolute Gasteiger partial charge is 0.469 e. The maximum atomic E-state index is 13.6. The molecule has 0 radical (unpaired) electrons. The van der Waals surface area contributed by atoms with Crippen LogP contribution in [0.3, 0.4) is 0 Å². The average Bonchev–Trinajstić information content (AvgIpc) is 3.26. The second-order valence-corrected chi connectivity index (χ2v) is 8.48. The number of benzene rings is 2. The van der Waals surface area contributed by atoms with Gasteiger partial charge in [0.1, 0.15) is 5.60 Å². The molecule has 0 spiro atoms. The zero-order valence-corrected chi connectivity index (χ0v) is 17.8. The lowest BCUT2D eigenvalue weighted by Crippen LogP contribution is -2.41. The fraction of sp³-hybridized carbons (Fsp3) is 0.292. The minimum Gasteiger partial charge on any atom is -0.469 e. The van der Waals surface area contributed by atoms with Crippen LogP contribution in [-0.2, 0) is 19.1 Å². The Hall–Kier alpha value is -3.61. The third-order valence-electron chi connectivity index (χ3n) is 5.32. The van der Waals surface area contributed by atoms with Crippen LogP contribution in [0.4, 0.5) is 10.5 Å². The minimum atomic E-state index is -0.928. The van der Waals surface area contributed by atoms with Crippen LogP contribution >= 0.6 is 0 Å². The van der Waals surface area contributed by atoms with E-state index in [9.17, 15) is 14.4 Å². The molecule has 0 saturated carbocycles. The van der Waals surface area contributed by atoms with E-state index in [4.69, 9.17) is 9.47 Å². The molecule has 1 aliphatic heterocycles. The lowest BCUT2D eigenvalue weighted by molar-refractivity contribution is -0.144. The Labute approximate surface area is 179 Å². The van der Waals surface area contributed by atoms with Crippen LogP contribution in [0.1, 0.15) is 43.7 Å². The summed E-state index contributed by atoms with van der Waals surface area (Å²) in [6.07, 6.45) is 0.952. The summed E-state index contributed by atoms with van der Waals surface area (Å²) in [6.45, 7) is 5.20. The highest BCUT2D eigenvalue weighted by atomic mass is 16.6. The van der Waals surface area contributed by atoms with Crippen molar-refractivity contribution >= 4 is 34.6 Å². The standard InChI is InChI=1S/C24H24N2O5/c1-24(2,3)31-23(29)26-18-12-8-6-10-15(18)19(21(26)27)20(22(28)30-4)16-13-25-17-11-7-5-9-14(16)17/h5-13,19-20,25H,1-4H3/t19-,20-/m0/s1. The molecule has 1 aromatic heterocycles. The van der Waals surface area contributed by atoms with Crippen molar-refractivity contribution in [3.8, 4) is 0 Å². The summed E-state index contributed by atoms with van der Waals surface area (Å²) in [4.78, 5) is 43.6. The molecule has 1 aliphatic rings. The third kappa shape index (κ3) is 3.56. The number of rotatable bonds is 3. The SMILES string of the molecule is COC(=O)[C@@H](c1c[nH]c2ccccc12)[C@H]1C(=O)N(C(=O)OC(C)(C)C)c2ccccc21. The number of anilines is 1. The first-order valence-electron chi connectivity index (χ1n) is 10.0. The Morgan fingerprint density at radius 3 is 2.45 bits per heavy atom. The van der Waals surface area contributed by atoms with Gasteiger partial charge in [-0.3, -0.25) is 9.59 Å². The van der Waals surface area contributed by atoms with E-state index >= 15 is 0 Å². The topological polar surface area (TPSA) is 88.7 Å². The lowest BCUT2D eigenvalue weighted by atomic mass is 9.82. The van der Waals surface area contributed by atoms with Gasteiger partial charge < -0.3 is 14.5 Å². The van der Waals surface area contributed by atoms with Crippen molar-refractivity contribution in [2.75, 3.05) is 12.0 Å². The number of methoxy groups -OCH3 is 1. The second-order valence-electron chi connectivity index (χ2n) is 8.48. The Morgan fingerprint density at radius 1 is 1.06 bits per heavy atom. The summed E-state index contributed by atoms with van der Waals surface area (Å²) in [7, 11) is 1.29. The molecule has 7 nitrogen and oxygen atoms in total. The normalized spacial score (nSPS) is 16.8. The molecule has 7 heteroatoms. The number of H-pyrrole nitrogens is 1. The first-order valence-corrected chi connectivity index (χ1v) is 10.0. The predicted octanol–water partition coefficient (Wildman–Crippen LogP) is 4.49. The second kappa shape index (κ2) is 7.58. The van der Waals surface area contributed by atoms with E-state index in [0.29, 0.717) is 16.8 Å². The average molecular weight is 420 g/mol. The van der Waals surface area contributed by atoms with Crippen molar-refractivity contribution in [2.24, 2.45) is 0 Å². The van der Waals surface area contributed by atoms with Gasteiger partial charge in [0, 0.05) is 17.1 Å². The molecule has 2 atom stereocenters. The van der Waals surface area contributed by atoms with Gasteiger partial charge >= 0.3 is 12.1 Å². The number of ether oxygens (including phenoxy) is 2. The molecule has 2 amide bonds. The Kier molecular flexibility index (Phi) is 5.05. The quantitative estimate of drug-likeness (QED) is 0.631. The molecule has 0 bridgehead atoms. The number of hydrogen-bond acceptors (Lipinski definition) is 5. The highest BCUT2D eigenvalue weighted by molar-refractivity contribution is 6.20. The molecule has 31 heavy (non-hydrogen) atoms. The molecule has 2 heterocycles. The van der Waals surface area contributed by atoms with Crippen molar-refractivity contribution in [1.29, 1.82) is 0 Å². The molecule has 3 aromatic rings. The van der Waals surface area contributed by atoms with E-state index in [0.717, 1.165) is 15.8 Å². The van der Waals surface area contributed by atoms with E-state index in [1.54, 1.807) is 51.2 Å². The summed E-state index contributed by atoms with van der Waals surface area (Å²) in [6, 6.07) is 14.5. The van der Waals surface area contributed by atoms with Crippen LogP contribution < -0.4 is 4.90 Å². The zero-order valence-electron chi connectivity index (χ0n) is 17.8. The molecular formula is C24H24N2O5. The Balaban J connectivity index is 1.85. The number of aromatic nitrogens is 1. The van der Waals surface area contributed by atoms with E-state index in [-0.39, 0.29) is 0 Å². The maximum Gasteiger partial charge on any atom is 0.421 e. The highest BCUT2D eigenvalue weighted by Gasteiger charge is 2.49. The van der Waals surface area contributed by atoms with Gasteiger partial charge in [-0.25, -0.2) is 9.69 Å². The molecule has 1 N–H and O–H groups in total. The van der Waals surface area contributed by atoms with Crippen LogP contribution in [-0.4, -0.2) is 35.7 Å². The van der Waals surface area contributed by atoms with Crippen molar-refractivity contribution in [3.05, 3.63) is 65.9 Å². The van der Waals surface area contributed by atoms with Gasteiger partial charge in [-0.15, -0.1) is 0 Å². The number of para-hydroxylation sites is 2. The number of nitrogens with one attached hydrogen (secondary N) is 1. The van der Waals surface area contributed by atoms with E-state index in [2.05, 4.69) is 4.98 Å². The number of aromatic amines is 1. The fourth-order valence-electron chi connectivity index (χ4n) is 4.08. The smallest absolute Gasteiger partial charge is 0.421 e. The van der Waals surface area contributed by atoms with E-state index in [1.165, 1.54) is 7.11 Å². The molecule has 2 aromatic carbocycles. The summed E-state index contributed by atoms with van der Waals surface area (Å²) in [5.41, 5.74) is 1.71. The predicted molar refractivity (Wildman–Crippen MR) is 116 cm³/mol. The van der Waals surface area contributed by atoms with E-state index < -0.39 is 35.4 Å². The number of carbonyl (C=O) groups excluding carboxylic acids is 3. The monoisotopic (exact) mass is 420 g/mol. The molecule has 0 saturated heterocycles. The summed E-state index contributed by atoms with van der Waals surface area (Å²) >= 11 is 0. The number of carbonyl (C=O) groups is 3. The Morgan fingerprint density at radius 2 is 1.74 bits per heavy atom. The minimum absolute atomic E-state index is 0.417. The van der Waals surface area contributed by atoms with Gasteiger partial charge in [0.05, 0.1) is 24.6 Å². The van der Waals surface area contributed by atoms with Crippen molar-refractivity contribution in [3.63, 3.8) is 0 Å². The van der Waals surface area contributed by atoms with E-state index in [1.807, 2.05) is 24.3 Å². The number of amides is 2. The third-order valence-corrected chi connectivity index (χ3v) is 5.32. The molecule has 0 fully saturated rings. The number of esters is 1. The van der Waals surface area contributed by atoms with Gasteiger partial charge in [0.25, 0.3) is 0 Å². The summed E-state index contributed by atoms with van der Waals surface area (Å²) in [5.74, 6) is -2.92. The van der Waals surface area contributed by atoms with Gasteiger partial charge in [-0.05, 0) is 44.0 Å². The highest BCUT2D eigenvalue weighted by Crippen LogP contribution is 2.47. The van der Waals surface area contributed by atoms with Crippen molar-refractivity contribution in [1.82, 2.24) is 4.98 Å². The molecule has 0 aliphatic carbocycles. The fourth-order valence-corrected chi connectivity index (χ4v) is 4.08.